The van der Waals surface area contributed by atoms with Crippen LogP contribution >= 0.6 is 0 Å². The van der Waals surface area contributed by atoms with Crippen LogP contribution in [0.25, 0.3) is 0 Å². The van der Waals surface area contributed by atoms with E-state index < -0.39 is 0 Å². The zero-order valence-corrected chi connectivity index (χ0v) is 12.7. The van der Waals surface area contributed by atoms with Gasteiger partial charge in [-0.05, 0) is 43.0 Å². The Labute approximate surface area is 116 Å². The molecule has 1 aromatic carbocycles. The highest BCUT2D eigenvalue weighted by atomic mass is 16.5. The Balaban J connectivity index is 2.36. The van der Waals surface area contributed by atoms with Crippen LogP contribution in [0.5, 0.6) is 5.75 Å². The van der Waals surface area contributed by atoms with Crippen molar-refractivity contribution in [3.63, 3.8) is 0 Å². The molecule has 3 heteroatoms. The second-order valence-electron chi connectivity index (χ2n) is 6.52. The van der Waals surface area contributed by atoms with Gasteiger partial charge in [0.05, 0.1) is 11.7 Å². The predicted molar refractivity (Wildman–Crippen MR) is 81.1 cm³/mol. The molecule has 106 valence electrons. The minimum Gasteiger partial charge on any atom is -0.486 e. The maximum atomic E-state index is 6.10. The van der Waals surface area contributed by atoms with E-state index in [1.165, 1.54) is 11.3 Å². The molecule has 3 nitrogen and oxygen atoms in total. The fourth-order valence-corrected chi connectivity index (χ4v) is 2.55. The van der Waals surface area contributed by atoms with Gasteiger partial charge in [0.2, 0.25) is 0 Å². The van der Waals surface area contributed by atoms with Crippen LogP contribution in [0.4, 0.5) is 5.69 Å². The average Bonchev–Trinajstić information content (AvgIpc) is 2.34. The largest absolute Gasteiger partial charge is 0.486 e. The fourth-order valence-electron chi connectivity index (χ4n) is 2.55. The van der Waals surface area contributed by atoms with E-state index in [4.69, 9.17) is 10.5 Å². The molecule has 2 unspecified atom stereocenters. The first-order valence-corrected chi connectivity index (χ1v) is 7.08. The molecule has 0 bridgehead atoms. The molecule has 2 atom stereocenters. The summed E-state index contributed by atoms with van der Waals surface area (Å²) in [5.41, 5.74) is 8.36. The van der Waals surface area contributed by atoms with Crippen LogP contribution in [0.1, 0.15) is 39.7 Å². The molecule has 1 aromatic rings. The van der Waals surface area contributed by atoms with Gasteiger partial charge in [-0.15, -0.1) is 0 Å². The van der Waals surface area contributed by atoms with E-state index in [1.54, 1.807) is 0 Å². The molecule has 2 N–H and O–H groups in total. The molecule has 1 aliphatic rings. The van der Waals surface area contributed by atoms with Crippen LogP contribution in [-0.4, -0.2) is 25.7 Å². The third-order valence-corrected chi connectivity index (χ3v) is 4.08. The molecular weight excluding hydrogens is 236 g/mol. The average molecular weight is 262 g/mol. The smallest absolute Gasteiger partial charge is 0.143 e. The fraction of sp³-hybridized carbons (Fsp3) is 0.625. The Morgan fingerprint density at radius 2 is 2.00 bits per heavy atom. The molecule has 0 amide bonds. The summed E-state index contributed by atoms with van der Waals surface area (Å²) in [7, 11) is 2.14. The zero-order valence-electron chi connectivity index (χ0n) is 12.7. The summed E-state index contributed by atoms with van der Waals surface area (Å²) in [4.78, 5) is 2.31. The number of nitrogens with two attached hydrogens (primary N) is 1. The summed E-state index contributed by atoms with van der Waals surface area (Å²) in [5.74, 6) is 0.979. The van der Waals surface area contributed by atoms with Crippen molar-refractivity contribution in [2.75, 3.05) is 18.5 Å². The van der Waals surface area contributed by atoms with Crippen LogP contribution in [0.3, 0.4) is 0 Å². The van der Waals surface area contributed by atoms with Gasteiger partial charge in [-0.2, -0.15) is 0 Å². The molecule has 0 saturated carbocycles. The van der Waals surface area contributed by atoms with Crippen LogP contribution in [0.2, 0.25) is 0 Å². The third-order valence-electron chi connectivity index (χ3n) is 4.08. The highest BCUT2D eigenvalue weighted by Gasteiger charge is 2.31. The molecular formula is C16H26N2O. The third kappa shape index (κ3) is 2.71. The first kappa shape index (κ1) is 14.2. The molecule has 1 heterocycles. The van der Waals surface area contributed by atoms with Gasteiger partial charge >= 0.3 is 0 Å². The molecule has 0 aromatic heterocycles. The molecule has 0 aliphatic carbocycles. The van der Waals surface area contributed by atoms with Gasteiger partial charge in [-0.3, -0.25) is 0 Å². The minimum absolute atomic E-state index is 0.160. The van der Waals surface area contributed by atoms with E-state index in [9.17, 15) is 0 Å². The van der Waals surface area contributed by atoms with E-state index in [1.807, 2.05) is 0 Å². The highest BCUT2D eigenvalue weighted by molar-refractivity contribution is 5.62. The van der Waals surface area contributed by atoms with Gasteiger partial charge in [0.15, 0.2) is 0 Å². The van der Waals surface area contributed by atoms with Crippen LogP contribution in [0.15, 0.2) is 18.2 Å². The molecule has 0 fully saturated rings. The number of hydrogen-bond donors (Lipinski definition) is 1. The van der Waals surface area contributed by atoms with Crippen molar-refractivity contribution in [2.45, 2.75) is 51.7 Å². The lowest BCUT2D eigenvalue weighted by Crippen LogP contribution is -2.46. The summed E-state index contributed by atoms with van der Waals surface area (Å²) in [6.45, 7) is 9.57. The second-order valence-corrected chi connectivity index (χ2v) is 6.52. The van der Waals surface area contributed by atoms with Crippen molar-refractivity contribution in [2.24, 2.45) is 5.73 Å². The molecule has 0 radical (unpaired) electrons. The maximum absolute atomic E-state index is 6.10. The number of rotatable bonds is 2. The number of hydrogen-bond acceptors (Lipinski definition) is 3. The highest BCUT2D eigenvalue weighted by Crippen LogP contribution is 2.39. The summed E-state index contributed by atoms with van der Waals surface area (Å²) in [6, 6.07) is 6.88. The predicted octanol–water partition coefficient (Wildman–Crippen LogP) is 2.92. The van der Waals surface area contributed by atoms with E-state index in [2.05, 4.69) is 57.8 Å². The summed E-state index contributed by atoms with van der Waals surface area (Å²) in [5, 5.41) is 0. The van der Waals surface area contributed by atoms with E-state index >= 15 is 0 Å². The van der Waals surface area contributed by atoms with Crippen molar-refractivity contribution in [3.05, 3.63) is 23.8 Å². The molecule has 2 rings (SSSR count). The molecule has 0 spiro atoms. The molecule has 0 saturated heterocycles. The zero-order chi connectivity index (χ0) is 14.2. The first-order valence-electron chi connectivity index (χ1n) is 7.08. The van der Waals surface area contributed by atoms with Crippen LogP contribution in [0, 0.1) is 0 Å². The van der Waals surface area contributed by atoms with Crippen LogP contribution < -0.4 is 15.4 Å². The summed E-state index contributed by atoms with van der Waals surface area (Å²) < 4.78 is 6.10. The first-order chi connectivity index (χ1) is 8.84. The Hall–Kier alpha value is -1.22. The van der Waals surface area contributed by atoms with Gasteiger partial charge in [0.1, 0.15) is 11.9 Å². The van der Waals surface area contributed by atoms with Crippen molar-refractivity contribution >= 4 is 5.69 Å². The van der Waals surface area contributed by atoms with Gasteiger partial charge in [-0.25, -0.2) is 0 Å². The number of fused-ring (bicyclic) bond motifs is 1. The Morgan fingerprint density at radius 3 is 2.58 bits per heavy atom. The summed E-state index contributed by atoms with van der Waals surface area (Å²) in [6.07, 6.45) is 1.08. The Kier molecular flexibility index (Phi) is 3.77. The van der Waals surface area contributed by atoms with Gasteiger partial charge < -0.3 is 15.4 Å². The van der Waals surface area contributed by atoms with Crippen LogP contribution in [-0.2, 0) is 5.41 Å². The number of benzene rings is 1. The SMILES string of the molecule is CC1C(CCN)Oc2ccc(C(C)(C)C)cc2N1C. The van der Waals surface area contributed by atoms with Crippen molar-refractivity contribution in [3.8, 4) is 5.75 Å². The van der Waals surface area contributed by atoms with Crippen molar-refractivity contribution in [1.82, 2.24) is 0 Å². The van der Waals surface area contributed by atoms with Crippen molar-refractivity contribution in [1.29, 1.82) is 0 Å². The van der Waals surface area contributed by atoms with E-state index in [-0.39, 0.29) is 11.5 Å². The lowest BCUT2D eigenvalue weighted by atomic mass is 9.86. The van der Waals surface area contributed by atoms with Gasteiger partial charge in [0, 0.05) is 7.05 Å². The lowest BCUT2D eigenvalue weighted by Gasteiger charge is -2.40. The molecule has 1 aliphatic heterocycles. The molecule has 19 heavy (non-hydrogen) atoms. The second kappa shape index (κ2) is 5.04. The van der Waals surface area contributed by atoms with Gasteiger partial charge in [-0.1, -0.05) is 26.8 Å². The Bertz CT molecular complexity index is 451. The monoisotopic (exact) mass is 262 g/mol. The quantitative estimate of drug-likeness (QED) is 0.890. The van der Waals surface area contributed by atoms with Crippen molar-refractivity contribution < 1.29 is 4.74 Å². The minimum atomic E-state index is 0.160. The Morgan fingerprint density at radius 1 is 1.32 bits per heavy atom. The number of likely N-dealkylation sites (N-methyl/N-ethyl adjacent to an activating group) is 1. The summed E-state index contributed by atoms with van der Waals surface area (Å²) >= 11 is 0. The van der Waals surface area contributed by atoms with E-state index in [0.29, 0.717) is 12.6 Å². The topological polar surface area (TPSA) is 38.5 Å². The standard InChI is InChI=1S/C16H26N2O/c1-11-14(8-9-17)19-15-7-6-12(16(2,3)4)10-13(15)18(11)5/h6-7,10-11,14H,8-9,17H2,1-5H3. The van der Waals surface area contributed by atoms with Gasteiger partial charge in [0.25, 0.3) is 0 Å². The normalized spacial score (nSPS) is 22.9. The number of ether oxygens (including phenoxy) is 1. The number of anilines is 1. The number of nitrogens with zero attached hydrogens (tertiary/aromatic N) is 1. The van der Waals surface area contributed by atoms with E-state index in [0.717, 1.165) is 12.2 Å². The lowest BCUT2D eigenvalue weighted by molar-refractivity contribution is 0.154. The maximum Gasteiger partial charge on any atom is 0.143 e.